The summed E-state index contributed by atoms with van der Waals surface area (Å²) in [6.07, 6.45) is 1.12. The molecule has 9 heteroatoms. The van der Waals surface area contributed by atoms with Crippen molar-refractivity contribution < 1.29 is 18.3 Å². The zero-order chi connectivity index (χ0) is 18.2. The second-order valence-electron chi connectivity index (χ2n) is 6.68. The van der Waals surface area contributed by atoms with E-state index < -0.39 is 21.9 Å². The summed E-state index contributed by atoms with van der Waals surface area (Å²) >= 11 is 0. The van der Waals surface area contributed by atoms with Crippen LogP contribution < -0.4 is 0 Å². The van der Waals surface area contributed by atoms with E-state index in [0.717, 1.165) is 0 Å². The van der Waals surface area contributed by atoms with Gasteiger partial charge in [-0.25, -0.2) is 8.42 Å². The minimum absolute atomic E-state index is 0.00419. The Hall–Kier alpha value is -1.45. The first-order valence-electron chi connectivity index (χ1n) is 7.95. The maximum atomic E-state index is 13.2. The summed E-state index contributed by atoms with van der Waals surface area (Å²) in [6.45, 7) is 3.65. The van der Waals surface area contributed by atoms with Gasteiger partial charge >= 0.3 is 5.97 Å². The monoisotopic (exact) mass is 358 g/mol. The van der Waals surface area contributed by atoms with E-state index in [1.165, 1.54) is 8.99 Å². The minimum Gasteiger partial charge on any atom is -0.481 e. The zero-order valence-corrected chi connectivity index (χ0v) is 15.7. The first-order chi connectivity index (χ1) is 11.1. The molecule has 1 aromatic heterocycles. The summed E-state index contributed by atoms with van der Waals surface area (Å²) < 4.78 is 29.2. The molecule has 0 unspecified atom stereocenters. The number of rotatable bonds is 4. The number of aliphatic carboxylic acids is 1. The van der Waals surface area contributed by atoms with Gasteiger partial charge < -0.3 is 10.0 Å². The van der Waals surface area contributed by atoms with Crippen molar-refractivity contribution in [2.45, 2.75) is 37.6 Å². The Bertz CT molecular complexity index is 726. The van der Waals surface area contributed by atoms with Gasteiger partial charge in [0.15, 0.2) is 0 Å². The van der Waals surface area contributed by atoms with Gasteiger partial charge in [-0.05, 0) is 40.8 Å². The lowest BCUT2D eigenvalue weighted by atomic mass is 10.0. The quantitative estimate of drug-likeness (QED) is 0.840. The number of aryl methyl sites for hydroxylation is 2. The average molecular weight is 358 g/mol. The Morgan fingerprint density at radius 2 is 1.88 bits per heavy atom. The van der Waals surface area contributed by atoms with E-state index in [1.54, 1.807) is 20.9 Å². The van der Waals surface area contributed by atoms with Crippen LogP contribution in [0.1, 0.15) is 24.2 Å². The van der Waals surface area contributed by atoms with E-state index in [1.807, 2.05) is 19.0 Å². The molecule has 1 aromatic rings. The van der Waals surface area contributed by atoms with E-state index in [-0.39, 0.29) is 24.0 Å². The zero-order valence-electron chi connectivity index (χ0n) is 14.9. The molecule has 0 aromatic carbocycles. The summed E-state index contributed by atoms with van der Waals surface area (Å²) in [5.74, 6) is -1.64. The summed E-state index contributed by atoms with van der Waals surface area (Å²) in [4.78, 5) is 13.6. The van der Waals surface area contributed by atoms with E-state index in [9.17, 15) is 18.3 Å². The molecule has 0 aliphatic carbocycles. The maximum absolute atomic E-state index is 13.2. The molecule has 1 saturated heterocycles. The predicted octanol–water partition coefficient (Wildman–Crippen LogP) is 0.452. The van der Waals surface area contributed by atoms with Crippen LogP contribution in [0.25, 0.3) is 0 Å². The second-order valence-corrected chi connectivity index (χ2v) is 8.55. The number of hydrogen-bond acceptors (Lipinski definition) is 5. The van der Waals surface area contributed by atoms with Crippen molar-refractivity contribution in [3.05, 3.63) is 11.4 Å². The molecule has 0 amide bonds. The van der Waals surface area contributed by atoms with Crippen molar-refractivity contribution in [3.8, 4) is 0 Å². The number of carbonyl (C=O) groups is 1. The highest BCUT2D eigenvalue weighted by molar-refractivity contribution is 7.89. The van der Waals surface area contributed by atoms with Gasteiger partial charge in [0.1, 0.15) is 4.90 Å². The van der Waals surface area contributed by atoms with Crippen molar-refractivity contribution in [3.63, 3.8) is 0 Å². The Morgan fingerprint density at radius 1 is 1.25 bits per heavy atom. The van der Waals surface area contributed by atoms with E-state index in [0.29, 0.717) is 24.2 Å². The lowest BCUT2D eigenvalue weighted by Crippen LogP contribution is -2.43. The van der Waals surface area contributed by atoms with Crippen LogP contribution in [0.3, 0.4) is 0 Å². The van der Waals surface area contributed by atoms with Crippen LogP contribution >= 0.6 is 0 Å². The van der Waals surface area contributed by atoms with Gasteiger partial charge in [0.05, 0.1) is 17.3 Å². The molecule has 1 N–H and O–H groups in total. The van der Waals surface area contributed by atoms with Gasteiger partial charge in [0.2, 0.25) is 10.0 Å². The minimum atomic E-state index is -3.80. The smallest absolute Gasteiger partial charge is 0.307 e. The van der Waals surface area contributed by atoms with Crippen molar-refractivity contribution in [2.75, 3.05) is 27.2 Å². The number of carboxylic acids is 1. The Labute approximate surface area is 143 Å². The Kier molecular flexibility index (Phi) is 5.36. The lowest BCUT2D eigenvalue weighted by Gasteiger charge is -2.28. The topological polar surface area (TPSA) is 95.7 Å². The highest BCUT2D eigenvalue weighted by atomic mass is 32.2. The summed E-state index contributed by atoms with van der Waals surface area (Å²) in [6, 6.07) is -0.0126. The van der Waals surface area contributed by atoms with Crippen LogP contribution in [0.5, 0.6) is 0 Å². The summed E-state index contributed by atoms with van der Waals surface area (Å²) in [7, 11) is 1.67. The van der Waals surface area contributed by atoms with Crippen molar-refractivity contribution in [1.29, 1.82) is 0 Å². The molecule has 24 heavy (non-hydrogen) atoms. The fourth-order valence-electron chi connectivity index (χ4n) is 3.21. The number of sulfonamides is 1. The normalized spacial score (nSPS) is 23.4. The molecular weight excluding hydrogens is 332 g/mol. The van der Waals surface area contributed by atoms with Gasteiger partial charge in [-0.1, -0.05) is 0 Å². The number of aromatic nitrogens is 2. The molecular formula is C15H26N4O4S. The number of likely N-dealkylation sites (N-methyl/N-ethyl adjacent to an activating group) is 1. The molecule has 1 fully saturated rings. The molecule has 0 saturated carbocycles. The van der Waals surface area contributed by atoms with E-state index >= 15 is 0 Å². The van der Waals surface area contributed by atoms with Crippen LogP contribution in [0.4, 0.5) is 0 Å². The third-order valence-electron chi connectivity index (χ3n) is 4.81. The number of nitrogens with zero attached hydrogens (tertiary/aromatic N) is 4. The predicted molar refractivity (Wildman–Crippen MR) is 89.3 cm³/mol. The maximum Gasteiger partial charge on any atom is 0.307 e. The third-order valence-corrected chi connectivity index (χ3v) is 6.89. The van der Waals surface area contributed by atoms with Crippen molar-refractivity contribution in [2.24, 2.45) is 13.0 Å². The second kappa shape index (κ2) is 6.81. The molecule has 0 radical (unpaired) electrons. The van der Waals surface area contributed by atoms with E-state index in [4.69, 9.17) is 0 Å². The SMILES string of the molecule is Cc1nn(C)c(C)c1S(=O)(=O)N1C[C@@H](C(=O)O)CC[C@@H](N(C)C)C1. The van der Waals surface area contributed by atoms with Gasteiger partial charge in [0, 0.05) is 26.2 Å². The van der Waals surface area contributed by atoms with Gasteiger partial charge in [-0.2, -0.15) is 9.40 Å². The fraction of sp³-hybridized carbons (Fsp3) is 0.733. The average Bonchev–Trinajstić information content (AvgIpc) is 2.67. The van der Waals surface area contributed by atoms with Gasteiger partial charge in [-0.15, -0.1) is 0 Å². The van der Waals surface area contributed by atoms with Crippen LogP contribution in [0, 0.1) is 19.8 Å². The third kappa shape index (κ3) is 3.47. The largest absolute Gasteiger partial charge is 0.481 e. The van der Waals surface area contributed by atoms with Crippen LogP contribution in [-0.2, 0) is 21.9 Å². The number of hydrogen-bond donors (Lipinski definition) is 1. The first kappa shape index (κ1) is 18.9. The Balaban J connectivity index is 2.46. The molecule has 1 aliphatic heterocycles. The van der Waals surface area contributed by atoms with Gasteiger partial charge in [0.25, 0.3) is 0 Å². The first-order valence-corrected chi connectivity index (χ1v) is 9.39. The highest BCUT2D eigenvalue weighted by Crippen LogP contribution is 2.28. The molecule has 136 valence electrons. The van der Waals surface area contributed by atoms with Crippen molar-refractivity contribution >= 4 is 16.0 Å². The highest BCUT2D eigenvalue weighted by Gasteiger charge is 2.37. The standard InChI is InChI=1S/C15H26N4O4S/c1-10-14(11(2)18(5)16-10)24(22,23)19-8-12(15(20)21)6-7-13(9-19)17(3)4/h12-13H,6-9H2,1-5H3,(H,20,21)/t12-,13+/m0/s1. The molecule has 2 heterocycles. The molecule has 0 spiro atoms. The van der Waals surface area contributed by atoms with Gasteiger partial charge in [-0.3, -0.25) is 9.48 Å². The van der Waals surface area contributed by atoms with Crippen molar-refractivity contribution in [1.82, 2.24) is 19.0 Å². The van der Waals surface area contributed by atoms with E-state index in [2.05, 4.69) is 5.10 Å². The summed E-state index contributed by atoms with van der Waals surface area (Å²) in [5.41, 5.74) is 0.998. The molecule has 0 bridgehead atoms. The molecule has 8 nitrogen and oxygen atoms in total. The van der Waals surface area contributed by atoms with Crippen LogP contribution in [-0.4, -0.2) is 71.7 Å². The molecule has 2 rings (SSSR count). The Morgan fingerprint density at radius 3 is 2.33 bits per heavy atom. The van der Waals surface area contributed by atoms with Crippen LogP contribution in [0.2, 0.25) is 0 Å². The fourth-order valence-corrected chi connectivity index (χ4v) is 5.13. The van der Waals surface area contributed by atoms with Crippen LogP contribution in [0.15, 0.2) is 4.90 Å². The molecule has 2 atom stereocenters. The molecule has 1 aliphatic rings. The number of carboxylic acid groups (broad SMARTS) is 1. The lowest BCUT2D eigenvalue weighted by molar-refractivity contribution is -0.142. The summed E-state index contributed by atoms with van der Waals surface area (Å²) in [5, 5.41) is 13.6.